The normalized spacial score (nSPS) is 18.4. The van der Waals surface area contributed by atoms with Crippen molar-refractivity contribution in [1.29, 1.82) is 0 Å². The lowest BCUT2D eigenvalue weighted by Crippen LogP contribution is -2.50. The van der Waals surface area contributed by atoms with E-state index in [1.807, 2.05) is 13.8 Å². The highest BCUT2D eigenvalue weighted by Gasteiger charge is 2.26. The minimum Gasteiger partial charge on any atom is -0.478 e. The molecule has 2 amide bonds. The quantitative estimate of drug-likeness (QED) is 0.896. The second-order valence-electron chi connectivity index (χ2n) is 5.11. The molecule has 2 rings (SSSR count). The Morgan fingerprint density at radius 2 is 2.24 bits per heavy atom. The fraction of sp³-hybridized carbons (Fsp3) is 0.467. The van der Waals surface area contributed by atoms with Gasteiger partial charge in [-0.2, -0.15) is 0 Å². The zero-order valence-electron chi connectivity index (χ0n) is 12.3. The number of urea groups is 1. The van der Waals surface area contributed by atoms with Crippen LogP contribution in [0.5, 0.6) is 0 Å². The van der Waals surface area contributed by atoms with Crippen molar-refractivity contribution in [1.82, 2.24) is 4.90 Å². The van der Waals surface area contributed by atoms with E-state index in [1.54, 1.807) is 23.1 Å². The van der Waals surface area contributed by atoms with E-state index in [0.29, 0.717) is 25.4 Å². The number of carboxylic acids is 1. The molecule has 21 heavy (non-hydrogen) atoms. The second kappa shape index (κ2) is 6.58. The lowest BCUT2D eigenvalue weighted by Gasteiger charge is -2.35. The number of anilines is 1. The van der Waals surface area contributed by atoms with Crippen molar-refractivity contribution in [2.75, 3.05) is 25.1 Å². The lowest BCUT2D eigenvalue weighted by molar-refractivity contribution is 0.0144. The van der Waals surface area contributed by atoms with Gasteiger partial charge in [0.2, 0.25) is 0 Å². The Kier molecular flexibility index (Phi) is 4.80. The molecule has 6 nitrogen and oxygen atoms in total. The Morgan fingerprint density at radius 1 is 1.48 bits per heavy atom. The number of nitrogens with zero attached hydrogens (tertiary/aromatic N) is 1. The molecule has 6 heteroatoms. The summed E-state index contributed by atoms with van der Waals surface area (Å²) in [5.74, 6) is -1.05. The maximum Gasteiger partial charge on any atom is 0.337 e. The summed E-state index contributed by atoms with van der Waals surface area (Å²) in [7, 11) is 0. The van der Waals surface area contributed by atoms with Crippen LogP contribution in [-0.4, -0.2) is 47.8 Å². The van der Waals surface area contributed by atoms with Gasteiger partial charge in [-0.05, 0) is 25.5 Å². The number of carbonyl (C=O) groups excluding carboxylic acids is 1. The average Bonchev–Trinajstić information content (AvgIpc) is 2.48. The van der Waals surface area contributed by atoms with Crippen molar-refractivity contribution in [3.05, 3.63) is 29.3 Å². The number of morpholine rings is 1. The van der Waals surface area contributed by atoms with Gasteiger partial charge in [0.15, 0.2) is 0 Å². The molecular formula is C15H20N2O4. The van der Waals surface area contributed by atoms with Crippen molar-refractivity contribution < 1.29 is 19.4 Å². The topological polar surface area (TPSA) is 78.9 Å². The fourth-order valence-electron chi connectivity index (χ4n) is 2.39. The molecule has 114 valence electrons. The molecule has 0 aliphatic carbocycles. The summed E-state index contributed by atoms with van der Waals surface area (Å²) in [4.78, 5) is 25.3. The largest absolute Gasteiger partial charge is 0.478 e. The zero-order valence-corrected chi connectivity index (χ0v) is 12.3. The van der Waals surface area contributed by atoms with Crippen LogP contribution in [0.1, 0.15) is 29.3 Å². The lowest BCUT2D eigenvalue weighted by atomic mass is 10.1. The van der Waals surface area contributed by atoms with Crippen molar-refractivity contribution >= 4 is 17.7 Å². The molecule has 1 aliphatic heterocycles. The maximum atomic E-state index is 12.4. The summed E-state index contributed by atoms with van der Waals surface area (Å²) in [6.07, 6.45) is 0.799. The molecule has 1 aliphatic rings. The minimum absolute atomic E-state index is 0.0254. The van der Waals surface area contributed by atoms with Gasteiger partial charge >= 0.3 is 12.0 Å². The van der Waals surface area contributed by atoms with Crippen LogP contribution in [0.25, 0.3) is 0 Å². The predicted molar refractivity (Wildman–Crippen MR) is 78.8 cm³/mol. The zero-order chi connectivity index (χ0) is 15.4. The van der Waals surface area contributed by atoms with E-state index in [-0.39, 0.29) is 17.6 Å². The number of aryl methyl sites for hydroxylation is 1. The number of amides is 2. The highest BCUT2D eigenvalue weighted by Crippen LogP contribution is 2.19. The predicted octanol–water partition coefficient (Wildman–Crippen LogP) is 2.34. The molecule has 0 spiro atoms. The maximum absolute atomic E-state index is 12.4. The van der Waals surface area contributed by atoms with E-state index in [0.717, 1.165) is 12.0 Å². The monoisotopic (exact) mass is 292 g/mol. The molecule has 0 saturated carbocycles. The van der Waals surface area contributed by atoms with Gasteiger partial charge in [0, 0.05) is 6.54 Å². The van der Waals surface area contributed by atoms with Gasteiger partial charge in [0.1, 0.15) is 0 Å². The minimum atomic E-state index is -1.05. The van der Waals surface area contributed by atoms with Crippen molar-refractivity contribution in [3.8, 4) is 0 Å². The van der Waals surface area contributed by atoms with Gasteiger partial charge in [0.05, 0.1) is 30.5 Å². The molecule has 1 aromatic carbocycles. The first-order valence-electron chi connectivity index (χ1n) is 7.02. The van der Waals surface area contributed by atoms with Crippen LogP contribution in [0.4, 0.5) is 10.5 Å². The molecule has 0 radical (unpaired) electrons. The average molecular weight is 292 g/mol. The first-order chi connectivity index (χ1) is 10.0. The van der Waals surface area contributed by atoms with Crippen molar-refractivity contribution in [2.45, 2.75) is 26.3 Å². The molecular weight excluding hydrogens is 272 g/mol. The molecule has 1 saturated heterocycles. The molecule has 1 heterocycles. The van der Waals surface area contributed by atoms with Gasteiger partial charge in [-0.3, -0.25) is 0 Å². The third kappa shape index (κ3) is 3.52. The highest BCUT2D eigenvalue weighted by atomic mass is 16.5. The number of benzene rings is 1. The van der Waals surface area contributed by atoms with Gasteiger partial charge in [-0.15, -0.1) is 0 Å². The Hall–Kier alpha value is -2.08. The van der Waals surface area contributed by atoms with E-state index in [9.17, 15) is 14.7 Å². The smallest absolute Gasteiger partial charge is 0.337 e. The van der Waals surface area contributed by atoms with Crippen LogP contribution in [0.2, 0.25) is 0 Å². The summed E-state index contributed by atoms with van der Waals surface area (Å²) >= 11 is 0. The van der Waals surface area contributed by atoms with Crippen molar-refractivity contribution in [3.63, 3.8) is 0 Å². The van der Waals surface area contributed by atoms with Crippen LogP contribution >= 0.6 is 0 Å². The Balaban J connectivity index is 2.17. The van der Waals surface area contributed by atoms with Gasteiger partial charge < -0.3 is 20.1 Å². The standard InChI is InChI=1S/C15H20N2O4/c1-3-11-9-21-7-6-17(11)15(20)16-13-5-4-10(2)8-12(13)14(18)19/h4-5,8,11H,3,6-7,9H2,1-2H3,(H,16,20)(H,18,19). The van der Waals surface area contributed by atoms with Crippen LogP contribution in [0.15, 0.2) is 18.2 Å². The summed E-state index contributed by atoms with van der Waals surface area (Å²) < 4.78 is 5.37. The van der Waals surface area contributed by atoms with E-state index >= 15 is 0 Å². The molecule has 1 unspecified atom stereocenters. The van der Waals surface area contributed by atoms with Crippen LogP contribution in [0.3, 0.4) is 0 Å². The highest BCUT2D eigenvalue weighted by molar-refractivity contribution is 6.00. The molecule has 1 aromatic rings. The third-order valence-electron chi connectivity index (χ3n) is 3.61. The van der Waals surface area contributed by atoms with Gasteiger partial charge in [0.25, 0.3) is 0 Å². The third-order valence-corrected chi connectivity index (χ3v) is 3.61. The first kappa shape index (κ1) is 15.3. The Morgan fingerprint density at radius 3 is 2.90 bits per heavy atom. The molecule has 1 fully saturated rings. The van der Waals surface area contributed by atoms with Crippen molar-refractivity contribution in [2.24, 2.45) is 0 Å². The number of rotatable bonds is 3. The first-order valence-corrected chi connectivity index (χ1v) is 7.02. The summed E-state index contributed by atoms with van der Waals surface area (Å²) in [5.41, 5.74) is 1.26. The molecule has 0 aromatic heterocycles. The van der Waals surface area contributed by atoms with Gasteiger partial charge in [-0.1, -0.05) is 18.6 Å². The van der Waals surface area contributed by atoms with E-state index in [2.05, 4.69) is 5.32 Å². The number of carbonyl (C=O) groups is 2. The van der Waals surface area contributed by atoms with Crippen LogP contribution in [-0.2, 0) is 4.74 Å². The van der Waals surface area contributed by atoms with Crippen LogP contribution < -0.4 is 5.32 Å². The fourth-order valence-corrected chi connectivity index (χ4v) is 2.39. The number of hydrogen-bond donors (Lipinski definition) is 2. The summed E-state index contributed by atoms with van der Waals surface area (Å²) in [5, 5.41) is 11.9. The molecule has 2 N–H and O–H groups in total. The van der Waals surface area contributed by atoms with Gasteiger partial charge in [-0.25, -0.2) is 9.59 Å². The number of aromatic carboxylic acids is 1. The SMILES string of the molecule is CCC1COCCN1C(=O)Nc1ccc(C)cc1C(=O)O. The van der Waals surface area contributed by atoms with E-state index in [4.69, 9.17) is 4.74 Å². The Bertz CT molecular complexity index is 544. The molecule has 1 atom stereocenters. The number of carboxylic acid groups (broad SMARTS) is 1. The summed E-state index contributed by atoms with van der Waals surface area (Å²) in [6.45, 7) is 5.34. The number of nitrogens with one attached hydrogen (secondary N) is 1. The van der Waals surface area contributed by atoms with Crippen LogP contribution in [0, 0.1) is 6.92 Å². The number of ether oxygens (including phenoxy) is 1. The summed E-state index contributed by atoms with van der Waals surface area (Å²) in [6, 6.07) is 4.69. The second-order valence-corrected chi connectivity index (χ2v) is 5.11. The number of hydrogen-bond acceptors (Lipinski definition) is 3. The van der Waals surface area contributed by atoms with E-state index < -0.39 is 5.97 Å². The molecule has 0 bridgehead atoms. The van der Waals surface area contributed by atoms with E-state index in [1.165, 1.54) is 0 Å². The Labute approximate surface area is 123 Å².